The molecule has 0 saturated heterocycles. The summed E-state index contributed by atoms with van der Waals surface area (Å²) < 4.78 is 1.73. The lowest BCUT2D eigenvalue weighted by molar-refractivity contribution is 0.101. The molecule has 3 rings (SSSR count). The Labute approximate surface area is 148 Å². The first kappa shape index (κ1) is 17.5. The first-order valence-electron chi connectivity index (χ1n) is 8.98. The van der Waals surface area contributed by atoms with Crippen molar-refractivity contribution in [3.05, 3.63) is 40.5 Å². The van der Waals surface area contributed by atoms with E-state index in [4.69, 9.17) is 0 Å². The SMILES string of the molecule is CC(=O)c1cn(CCCCc2cc(C3=C(C)CCC3)c(C)nn2)nn1. The number of hydrogen-bond donors (Lipinski definition) is 0. The number of aromatic nitrogens is 5. The summed E-state index contributed by atoms with van der Waals surface area (Å²) in [6.07, 6.45) is 8.19. The highest BCUT2D eigenvalue weighted by molar-refractivity contribution is 5.91. The van der Waals surface area contributed by atoms with E-state index in [1.54, 1.807) is 10.9 Å². The number of allylic oxidation sites excluding steroid dienone is 2. The molecular weight excluding hydrogens is 314 g/mol. The van der Waals surface area contributed by atoms with Crippen LogP contribution < -0.4 is 0 Å². The number of nitrogens with zero attached hydrogens (tertiary/aromatic N) is 5. The van der Waals surface area contributed by atoms with E-state index in [1.165, 1.54) is 36.5 Å². The Balaban J connectivity index is 1.56. The van der Waals surface area contributed by atoms with Gasteiger partial charge < -0.3 is 0 Å². The zero-order chi connectivity index (χ0) is 17.8. The van der Waals surface area contributed by atoms with Crippen LogP contribution in [0, 0.1) is 6.92 Å². The van der Waals surface area contributed by atoms with Gasteiger partial charge in [0.2, 0.25) is 0 Å². The van der Waals surface area contributed by atoms with Crippen LogP contribution in [0.1, 0.15) is 73.4 Å². The highest BCUT2D eigenvalue weighted by Crippen LogP contribution is 2.34. The van der Waals surface area contributed by atoms with E-state index in [1.807, 2.05) is 6.92 Å². The van der Waals surface area contributed by atoms with Crippen LogP contribution in [-0.4, -0.2) is 31.0 Å². The van der Waals surface area contributed by atoms with Crippen molar-refractivity contribution in [1.82, 2.24) is 25.2 Å². The van der Waals surface area contributed by atoms with E-state index in [-0.39, 0.29) is 5.78 Å². The molecule has 2 heterocycles. The predicted molar refractivity (Wildman–Crippen MR) is 96.2 cm³/mol. The first-order valence-corrected chi connectivity index (χ1v) is 8.98. The molecule has 25 heavy (non-hydrogen) atoms. The fourth-order valence-corrected chi connectivity index (χ4v) is 3.33. The van der Waals surface area contributed by atoms with Crippen molar-refractivity contribution in [2.45, 2.75) is 65.8 Å². The number of carbonyl (C=O) groups is 1. The summed E-state index contributed by atoms with van der Waals surface area (Å²) in [5, 5.41) is 16.6. The summed E-state index contributed by atoms with van der Waals surface area (Å²) in [5.74, 6) is -0.0507. The van der Waals surface area contributed by atoms with Crippen molar-refractivity contribution in [2.75, 3.05) is 0 Å². The zero-order valence-corrected chi connectivity index (χ0v) is 15.2. The van der Waals surface area contributed by atoms with E-state index in [2.05, 4.69) is 33.5 Å². The van der Waals surface area contributed by atoms with Crippen LogP contribution in [0.25, 0.3) is 5.57 Å². The second-order valence-electron chi connectivity index (χ2n) is 6.83. The average Bonchev–Trinajstić information content (AvgIpc) is 3.22. The Kier molecular flexibility index (Phi) is 5.36. The minimum absolute atomic E-state index is 0.0507. The van der Waals surface area contributed by atoms with Crippen LogP contribution in [0.2, 0.25) is 0 Å². The van der Waals surface area contributed by atoms with Crippen LogP contribution in [0.15, 0.2) is 17.8 Å². The molecule has 0 saturated carbocycles. The standard InChI is InChI=1S/C19H25N5O/c1-13-7-6-9-17(13)18-11-16(21-20-14(18)2)8-4-5-10-24-12-19(15(3)25)22-23-24/h11-12H,4-10H2,1-3H3. The average molecular weight is 339 g/mol. The van der Waals surface area contributed by atoms with Crippen LogP contribution >= 0.6 is 0 Å². The molecule has 0 bridgehead atoms. The van der Waals surface area contributed by atoms with Gasteiger partial charge in [0.15, 0.2) is 5.78 Å². The molecule has 132 valence electrons. The number of aryl methyl sites for hydroxylation is 3. The van der Waals surface area contributed by atoms with Crippen LogP contribution in [0.3, 0.4) is 0 Å². The van der Waals surface area contributed by atoms with Gasteiger partial charge in [0.1, 0.15) is 5.69 Å². The van der Waals surface area contributed by atoms with Crippen LogP contribution in [-0.2, 0) is 13.0 Å². The molecule has 0 fully saturated rings. The lowest BCUT2D eigenvalue weighted by Crippen LogP contribution is -2.03. The van der Waals surface area contributed by atoms with E-state index < -0.39 is 0 Å². The maximum absolute atomic E-state index is 11.2. The van der Waals surface area contributed by atoms with Gasteiger partial charge in [0.25, 0.3) is 0 Å². The van der Waals surface area contributed by atoms with Crippen molar-refractivity contribution in [3.63, 3.8) is 0 Å². The topological polar surface area (TPSA) is 73.6 Å². The molecule has 0 aliphatic heterocycles. The quantitative estimate of drug-likeness (QED) is 0.569. The van der Waals surface area contributed by atoms with E-state index in [9.17, 15) is 4.79 Å². The fourth-order valence-electron chi connectivity index (χ4n) is 3.33. The number of hydrogen-bond acceptors (Lipinski definition) is 5. The van der Waals surface area contributed by atoms with E-state index in [0.717, 1.165) is 43.6 Å². The van der Waals surface area contributed by atoms with Gasteiger partial charge in [-0.25, -0.2) is 0 Å². The van der Waals surface area contributed by atoms with Gasteiger partial charge in [-0.1, -0.05) is 10.8 Å². The molecule has 0 spiro atoms. The maximum Gasteiger partial charge on any atom is 0.181 e. The van der Waals surface area contributed by atoms with Crippen LogP contribution in [0.5, 0.6) is 0 Å². The molecule has 0 aromatic carbocycles. The van der Waals surface area contributed by atoms with Crippen molar-refractivity contribution in [2.24, 2.45) is 0 Å². The summed E-state index contributed by atoms with van der Waals surface area (Å²) >= 11 is 0. The lowest BCUT2D eigenvalue weighted by atomic mass is 10.0. The summed E-state index contributed by atoms with van der Waals surface area (Å²) in [6.45, 7) is 6.54. The Morgan fingerprint density at radius 3 is 2.68 bits per heavy atom. The summed E-state index contributed by atoms with van der Waals surface area (Å²) in [6, 6.07) is 2.22. The third-order valence-electron chi connectivity index (χ3n) is 4.82. The zero-order valence-electron chi connectivity index (χ0n) is 15.2. The monoisotopic (exact) mass is 339 g/mol. The Morgan fingerprint density at radius 1 is 1.16 bits per heavy atom. The number of carbonyl (C=O) groups excluding carboxylic acids is 1. The molecule has 0 radical (unpaired) electrons. The largest absolute Gasteiger partial charge is 0.293 e. The van der Waals surface area contributed by atoms with Gasteiger partial charge in [-0.2, -0.15) is 10.2 Å². The Bertz CT molecular complexity index is 806. The van der Waals surface area contributed by atoms with Gasteiger partial charge in [-0.15, -0.1) is 5.10 Å². The molecule has 2 aromatic rings. The van der Waals surface area contributed by atoms with Gasteiger partial charge in [-0.05, 0) is 64.0 Å². The van der Waals surface area contributed by atoms with E-state index >= 15 is 0 Å². The Morgan fingerprint density at radius 2 is 2.00 bits per heavy atom. The minimum Gasteiger partial charge on any atom is -0.293 e. The van der Waals surface area contributed by atoms with Crippen molar-refractivity contribution < 1.29 is 4.79 Å². The van der Waals surface area contributed by atoms with Crippen LogP contribution in [0.4, 0.5) is 0 Å². The molecule has 0 unspecified atom stereocenters. The molecule has 1 aliphatic carbocycles. The maximum atomic E-state index is 11.2. The van der Waals surface area contributed by atoms with Crippen molar-refractivity contribution >= 4 is 11.4 Å². The molecule has 0 amide bonds. The number of unbranched alkanes of at least 4 members (excludes halogenated alkanes) is 1. The molecule has 2 aromatic heterocycles. The fraction of sp³-hybridized carbons (Fsp3) is 0.526. The van der Waals surface area contributed by atoms with E-state index in [0.29, 0.717) is 5.69 Å². The molecule has 0 N–H and O–H groups in total. The number of ketones is 1. The van der Waals surface area contributed by atoms with Gasteiger partial charge >= 0.3 is 0 Å². The highest BCUT2D eigenvalue weighted by Gasteiger charge is 2.16. The molecule has 0 atom stereocenters. The van der Waals surface area contributed by atoms with Gasteiger partial charge in [0.05, 0.1) is 17.6 Å². The molecule has 6 heteroatoms. The second kappa shape index (κ2) is 7.68. The summed E-state index contributed by atoms with van der Waals surface area (Å²) in [5.41, 5.74) is 6.74. The second-order valence-corrected chi connectivity index (χ2v) is 6.83. The first-order chi connectivity index (χ1) is 12.0. The predicted octanol–water partition coefficient (Wildman–Crippen LogP) is 3.56. The summed E-state index contributed by atoms with van der Waals surface area (Å²) in [7, 11) is 0. The van der Waals surface area contributed by atoms with Crippen molar-refractivity contribution in [1.29, 1.82) is 0 Å². The van der Waals surface area contributed by atoms with Crippen molar-refractivity contribution in [3.8, 4) is 0 Å². The van der Waals surface area contributed by atoms with Gasteiger partial charge in [0, 0.05) is 19.0 Å². The molecule has 6 nitrogen and oxygen atoms in total. The lowest BCUT2D eigenvalue weighted by Gasteiger charge is -2.09. The normalized spacial score (nSPS) is 14.4. The highest BCUT2D eigenvalue weighted by atomic mass is 16.1. The number of Topliss-reactive ketones (excluding diaryl/α,β-unsaturated/α-hetero) is 1. The Hall–Kier alpha value is -2.37. The third kappa shape index (κ3) is 4.18. The third-order valence-corrected chi connectivity index (χ3v) is 4.82. The minimum atomic E-state index is -0.0507. The van der Waals surface area contributed by atoms with Gasteiger partial charge in [-0.3, -0.25) is 9.48 Å². The molecular formula is C19H25N5O. The molecule has 1 aliphatic rings. The summed E-state index contributed by atoms with van der Waals surface area (Å²) in [4.78, 5) is 11.2. The smallest absolute Gasteiger partial charge is 0.181 e. The number of rotatable bonds is 7.